The van der Waals surface area contributed by atoms with Crippen LogP contribution >= 0.6 is 0 Å². The summed E-state index contributed by atoms with van der Waals surface area (Å²) in [5.41, 5.74) is 3.86. The van der Waals surface area contributed by atoms with E-state index >= 15 is 0 Å². The molecule has 1 aliphatic heterocycles. The van der Waals surface area contributed by atoms with Crippen LogP contribution in [0.2, 0.25) is 0 Å². The van der Waals surface area contributed by atoms with Crippen molar-refractivity contribution in [1.29, 1.82) is 0 Å². The molecule has 5 aromatic rings. The number of nitrogens with zero attached hydrogens (tertiary/aromatic N) is 4. The van der Waals surface area contributed by atoms with Crippen molar-refractivity contribution in [3.05, 3.63) is 60.4 Å². The first kappa shape index (κ1) is 22.7. The highest BCUT2D eigenvalue weighted by Crippen LogP contribution is 2.32. The van der Waals surface area contributed by atoms with Gasteiger partial charge in [-0.2, -0.15) is 10.2 Å². The highest BCUT2D eigenvalue weighted by molar-refractivity contribution is 5.97. The Kier molecular flexibility index (Phi) is 5.72. The van der Waals surface area contributed by atoms with Crippen LogP contribution in [0.15, 0.2) is 54.6 Å². The van der Waals surface area contributed by atoms with E-state index in [1.807, 2.05) is 12.1 Å². The highest BCUT2D eigenvalue weighted by atomic mass is 16.5. The zero-order valence-electron chi connectivity index (χ0n) is 21.1. The summed E-state index contributed by atoms with van der Waals surface area (Å²) in [6, 6.07) is 19.0. The van der Waals surface area contributed by atoms with E-state index < -0.39 is 0 Å². The average molecular weight is 481 g/mol. The van der Waals surface area contributed by atoms with E-state index in [9.17, 15) is 0 Å². The fraction of sp³-hybridized carbons (Fsp3) is 0.345. The molecular formula is C29H32N6O. The number of nitrogens with one attached hydrogen (secondary N) is 2. The quantitative estimate of drug-likeness (QED) is 0.314. The monoisotopic (exact) mass is 480 g/mol. The SMILES string of the molecule is CC(C)(C)c1nc(-c2ccc3[nH]nc(-c4ccc5cc(OCCN6CCCC6)ccc5c4)c3c2)n[nH]1. The first-order chi connectivity index (χ1) is 17.4. The molecule has 3 aromatic carbocycles. The van der Waals surface area contributed by atoms with E-state index in [0.717, 1.165) is 63.2 Å². The van der Waals surface area contributed by atoms with Gasteiger partial charge in [0.1, 0.15) is 18.2 Å². The summed E-state index contributed by atoms with van der Waals surface area (Å²) >= 11 is 0. The van der Waals surface area contributed by atoms with Gasteiger partial charge in [-0.05, 0) is 73.1 Å². The summed E-state index contributed by atoms with van der Waals surface area (Å²) in [4.78, 5) is 7.20. The molecule has 0 unspecified atom stereocenters. The van der Waals surface area contributed by atoms with E-state index in [-0.39, 0.29) is 5.41 Å². The van der Waals surface area contributed by atoms with Crippen molar-refractivity contribution in [2.45, 2.75) is 39.0 Å². The molecular weight excluding hydrogens is 448 g/mol. The second-order valence-electron chi connectivity index (χ2n) is 10.7. The lowest BCUT2D eigenvalue weighted by molar-refractivity contribution is 0.238. The maximum Gasteiger partial charge on any atom is 0.181 e. The summed E-state index contributed by atoms with van der Waals surface area (Å²) in [6.45, 7) is 10.5. The molecule has 36 heavy (non-hydrogen) atoms. The zero-order valence-corrected chi connectivity index (χ0v) is 21.1. The van der Waals surface area contributed by atoms with Gasteiger partial charge >= 0.3 is 0 Å². The molecule has 0 radical (unpaired) electrons. The van der Waals surface area contributed by atoms with Crippen LogP contribution < -0.4 is 4.74 Å². The fourth-order valence-electron chi connectivity index (χ4n) is 4.86. The van der Waals surface area contributed by atoms with Gasteiger partial charge in [0.25, 0.3) is 0 Å². The molecule has 0 spiro atoms. The van der Waals surface area contributed by atoms with E-state index in [1.165, 1.54) is 25.9 Å². The zero-order chi connectivity index (χ0) is 24.7. The molecule has 184 valence electrons. The van der Waals surface area contributed by atoms with Crippen LogP contribution in [0, 0.1) is 0 Å². The minimum atomic E-state index is -0.0833. The lowest BCUT2D eigenvalue weighted by atomic mass is 9.96. The predicted molar refractivity (Wildman–Crippen MR) is 144 cm³/mol. The standard InChI is InChI=1S/C29H32N6O/c1-29(2,3)28-30-27(33-34-28)22-9-11-25-24(18-22)26(32-31-25)21-7-6-20-17-23(10-8-19(20)16-21)36-15-14-35-12-4-5-13-35/h6-11,16-18H,4-5,12-15H2,1-3H3,(H,31,32)(H,30,33,34). The smallest absolute Gasteiger partial charge is 0.181 e. The third kappa shape index (κ3) is 4.46. The largest absolute Gasteiger partial charge is 0.492 e. The Morgan fingerprint density at radius 3 is 2.44 bits per heavy atom. The molecule has 0 saturated carbocycles. The first-order valence-electron chi connectivity index (χ1n) is 12.7. The van der Waals surface area contributed by atoms with Gasteiger partial charge in [-0.25, -0.2) is 4.98 Å². The number of aromatic amines is 2. The van der Waals surface area contributed by atoms with Crippen LogP contribution in [0.25, 0.3) is 44.3 Å². The Morgan fingerprint density at radius 1 is 0.861 bits per heavy atom. The van der Waals surface area contributed by atoms with Crippen molar-refractivity contribution in [2.24, 2.45) is 0 Å². The number of aromatic nitrogens is 5. The summed E-state index contributed by atoms with van der Waals surface area (Å²) in [6.07, 6.45) is 2.62. The Hall–Kier alpha value is -3.71. The van der Waals surface area contributed by atoms with Gasteiger partial charge in [-0.3, -0.25) is 15.1 Å². The molecule has 1 fully saturated rings. The van der Waals surface area contributed by atoms with E-state index in [4.69, 9.17) is 9.72 Å². The lowest BCUT2D eigenvalue weighted by Crippen LogP contribution is -2.25. The predicted octanol–water partition coefficient (Wildman–Crippen LogP) is 5.94. The summed E-state index contributed by atoms with van der Waals surface area (Å²) < 4.78 is 6.04. The van der Waals surface area contributed by atoms with Crippen molar-refractivity contribution < 1.29 is 4.74 Å². The first-order valence-corrected chi connectivity index (χ1v) is 12.7. The third-order valence-electron chi connectivity index (χ3n) is 6.98. The molecule has 7 heteroatoms. The Labute approximate surface area is 210 Å². The van der Waals surface area contributed by atoms with Crippen LogP contribution in [0.5, 0.6) is 5.75 Å². The maximum atomic E-state index is 6.04. The van der Waals surface area contributed by atoms with Gasteiger partial charge in [0.05, 0.1) is 11.2 Å². The highest BCUT2D eigenvalue weighted by Gasteiger charge is 2.20. The van der Waals surface area contributed by atoms with Gasteiger partial charge in [0.15, 0.2) is 5.82 Å². The minimum absolute atomic E-state index is 0.0833. The molecule has 0 atom stereocenters. The van der Waals surface area contributed by atoms with Gasteiger partial charge in [-0.1, -0.05) is 39.0 Å². The summed E-state index contributed by atoms with van der Waals surface area (Å²) in [5.74, 6) is 2.49. The van der Waals surface area contributed by atoms with Crippen LogP contribution in [0.1, 0.15) is 39.4 Å². The van der Waals surface area contributed by atoms with Crippen molar-refractivity contribution in [3.63, 3.8) is 0 Å². The molecule has 0 aliphatic carbocycles. The van der Waals surface area contributed by atoms with Gasteiger partial charge in [0.2, 0.25) is 0 Å². The molecule has 2 N–H and O–H groups in total. The Morgan fingerprint density at radius 2 is 1.64 bits per heavy atom. The molecule has 0 amide bonds. The maximum absolute atomic E-state index is 6.04. The van der Waals surface area contributed by atoms with Gasteiger partial charge in [0, 0.05) is 28.5 Å². The molecule has 2 aromatic heterocycles. The number of rotatable bonds is 6. The minimum Gasteiger partial charge on any atom is -0.492 e. The molecule has 1 saturated heterocycles. The number of hydrogen-bond acceptors (Lipinski definition) is 5. The van der Waals surface area contributed by atoms with Crippen molar-refractivity contribution in [2.75, 3.05) is 26.2 Å². The molecule has 0 bridgehead atoms. The van der Waals surface area contributed by atoms with E-state index in [1.54, 1.807) is 0 Å². The van der Waals surface area contributed by atoms with Crippen molar-refractivity contribution in [1.82, 2.24) is 30.3 Å². The van der Waals surface area contributed by atoms with Crippen LogP contribution in [0.3, 0.4) is 0 Å². The number of fused-ring (bicyclic) bond motifs is 2. The summed E-state index contributed by atoms with van der Waals surface area (Å²) in [7, 11) is 0. The molecule has 7 nitrogen and oxygen atoms in total. The molecule has 6 rings (SSSR count). The number of benzene rings is 3. The van der Waals surface area contributed by atoms with Gasteiger partial charge < -0.3 is 4.74 Å². The Balaban J connectivity index is 1.26. The van der Waals surface area contributed by atoms with Crippen LogP contribution in [-0.2, 0) is 5.41 Å². The number of H-pyrrole nitrogens is 2. The number of hydrogen-bond donors (Lipinski definition) is 2. The van der Waals surface area contributed by atoms with Crippen molar-refractivity contribution in [3.8, 4) is 28.4 Å². The van der Waals surface area contributed by atoms with E-state index in [0.29, 0.717) is 5.82 Å². The number of likely N-dealkylation sites (tertiary alicyclic amines) is 1. The fourth-order valence-corrected chi connectivity index (χ4v) is 4.86. The van der Waals surface area contributed by atoms with Crippen molar-refractivity contribution >= 4 is 21.7 Å². The normalized spacial score (nSPS) is 14.8. The average Bonchev–Trinajstić information content (AvgIpc) is 3.64. The summed E-state index contributed by atoms with van der Waals surface area (Å²) in [5, 5.41) is 18.7. The Bertz CT molecular complexity index is 1520. The van der Waals surface area contributed by atoms with Gasteiger partial charge in [-0.15, -0.1) is 0 Å². The van der Waals surface area contributed by atoms with Crippen LogP contribution in [-0.4, -0.2) is 56.5 Å². The second-order valence-corrected chi connectivity index (χ2v) is 10.7. The second kappa shape index (κ2) is 9.06. The third-order valence-corrected chi connectivity index (χ3v) is 6.98. The van der Waals surface area contributed by atoms with E-state index in [2.05, 4.69) is 88.5 Å². The lowest BCUT2D eigenvalue weighted by Gasteiger charge is -2.15. The molecule has 1 aliphatic rings. The molecule has 3 heterocycles. The topological polar surface area (TPSA) is 82.7 Å². The van der Waals surface area contributed by atoms with Crippen LogP contribution in [0.4, 0.5) is 0 Å². The number of ether oxygens (including phenoxy) is 1.